The first-order chi connectivity index (χ1) is 16.4. The fraction of sp³-hybridized carbons (Fsp3) is 0.435. The smallest absolute Gasteiger partial charge is 0.297 e. The van der Waals surface area contributed by atoms with Crippen LogP contribution in [0.15, 0.2) is 59.5 Å². The molecular weight excluding hydrogens is 498 g/mol. The van der Waals surface area contributed by atoms with Crippen LogP contribution in [0.4, 0.5) is 0 Å². The molecule has 1 fully saturated rings. The van der Waals surface area contributed by atoms with Gasteiger partial charge in [0.1, 0.15) is 12.2 Å². The Bertz CT molecular complexity index is 1200. The van der Waals surface area contributed by atoms with Crippen molar-refractivity contribution in [3.05, 3.63) is 65.7 Å². The highest BCUT2D eigenvalue weighted by Crippen LogP contribution is 2.27. The summed E-state index contributed by atoms with van der Waals surface area (Å²) in [5.41, 5.74) is 1.73. The second-order valence-electron chi connectivity index (χ2n) is 8.27. The Kier molecular flexibility index (Phi) is 9.02. The monoisotopic (exact) mass is 527 g/mol. The number of amides is 1. The number of aryl methyl sites for hydroxylation is 1. The number of carbonyl (C=O) groups is 1. The second kappa shape index (κ2) is 11.6. The first-order valence-corrected chi connectivity index (χ1v) is 14.1. The Morgan fingerprint density at radius 2 is 1.71 bits per heavy atom. The number of hydrogen-bond donors (Lipinski definition) is 1. The quantitative estimate of drug-likeness (QED) is 0.460. The topological polar surface area (TPSA) is 134 Å². The summed E-state index contributed by atoms with van der Waals surface area (Å²) in [6, 6.07) is 14.6. The van der Waals surface area contributed by atoms with Gasteiger partial charge in [-0.05, 0) is 24.6 Å². The number of carbonyl (C=O) groups excluding carboxylic acids is 1. The minimum atomic E-state index is -4.14. The summed E-state index contributed by atoms with van der Waals surface area (Å²) >= 11 is 0. The SMILES string of the molecule is CC(=O)N[C@@H]1C[C@H](OS(C)(=O)=O)[C@@H](COS(=O)(=O)c2ccc(C)cc2)O[C@@H]1OCc1ccccc1. The van der Waals surface area contributed by atoms with Crippen LogP contribution in [0.25, 0.3) is 0 Å². The maximum atomic E-state index is 12.7. The van der Waals surface area contributed by atoms with Crippen LogP contribution in [-0.2, 0) is 49.5 Å². The summed E-state index contributed by atoms with van der Waals surface area (Å²) in [5, 5.41) is 2.69. The van der Waals surface area contributed by atoms with Gasteiger partial charge < -0.3 is 14.8 Å². The van der Waals surface area contributed by atoms with E-state index in [2.05, 4.69) is 5.32 Å². The first kappa shape index (κ1) is 27.2. The Morgan fingerprint density at radius 3 is 2.31 bits per heavy atom. The van der Waals surface area contributed by atoms with Gasteiger partial charge in [0.25, 0.3) is 20.2 Å². The molecule has 0 bridgehead atoms. The van der Waals surface area contributed by atoms with E-state index in [1.54, 1.807) is 12.1 Å². The van der Waals surface area contributed by atoms with Gasteiger partial charge in [0.2, 0.25) is 5.91 Å². The molecule has 0 radical (unpaired) electrons. The first-order valence-electron chi connectivity index (χ1n) is 10.9. The summed E-state index contributed by atoms with van der Waals surface area (Å²) in [7, 11) is -8.07. The molecule has 2 aromatic rings. The molecule has 3 rings (SSSR count). The summed E-state index contributed by atoms with van der Waals surface area (Å²) in [6.45, 7) is 2.76. The standard InChI is InChI=1S/C23H29NO9S2/c1-16-9-11-19(12-10-16)35(28,29)31-15-22-21(33-34(3,26)27)13-20(24-17(2)25)23(32-22)30-14-18-7-5-4-6-8-18/h4-12,20-23H,13-15H2,1-3H3,(H,24,25)/t20-,21+,22-,23+/m1/s1. The third kappa shape index (κ3) is 8.37. The zero-order chi connectivity index (χ0) is 25.6. The van der Waals surface area contributed by atoms with Crippen molar-refractivity contribution >= 4 is 26.1 Å². The Morgan fingerprint density at radius 1 is 1.06 bits per heavy atom. The third-order valence-electron chi connectivity index (χ3n) is 5.18. The van der Waals surface area contributed by atoms with E-state index in [1.165, 1.54) is 19.1 Å². The molecule has 4 atom stereocenters. The maximum Gasteiger partial charge on any atom is 0.297 e. The van der Waals surface area contributed by atoms with Gasteiger partial charge in [0.05, 0.1) is 30.4 Å². The van der Waals surface area contributed by atoms with Crippen LogP contribution in [0, 0.1) is 6.92 Å². The van der Waals surface area contributed by atoms with Crippen molar-refractivity contribution in [2.75, 3.05) is 12.9 Å². The number of rotatable bonds is 10. The molecule has 1 aliphatic rings. The Balaban J connectivity index is 1.79. The molecule has 0 aromatic heterocycles. The van der Waals surface area contributed by atoms with Crippen LogP contribution >= 0.6 is 0 Å². The molecule has 0 unspecified atom stereocenters. The Labute approximate surface area is 205 Å². The van der Waals surface area contributed by atoms with Crippen molar-refractivity contribution < 1.29 is 39.5 Å². The molecular formula is C23H29NO9S2. The second-order valence-corrected chi connectivity index (χ2v) is 11.5. The van der Waals surface area contributed by atoms with Gasteiger partial charge in [-0.15, -0.1) is 0 Å². The van der Waals surface area contributed by atoms with E-state index in [4.69, 9.17) is 17.8 Å². The van der Waals surface area contributed by atoms with Crippen molar-refractivity contribution in [1.29, 1.82) is 0 Å². The zero-order valence-corrected chi connectivity index (χ0v) is 21.3. The molecule has 0 saturated carbocycles. The van der Waals surface area contributed by atoms with E-state index in [1.807, 2.05) is 37.3 Å². The lowest BCUT2D eigenvalue weighted by atomic mass is 10.0. The van der Waals surface area contributed by atoms with Crippen LogP contribution in [0.5, 0.6) is 0 Å². The molecule has 35 heavy (non-hydrogen) atoms. The lowest BCUT2D eigenvalue weighted by Crippen LogP contribution is -2.57. The van der Waals surface area contributed by atoms with E-state index in [-0.39, 0.29) is 23.8 Å². The van der Waals surface area contributed by atoms with Crippen LogP contribution in [0.2, 0.25) is 0 Å². The lowest BCUT2D eigenvalue weighted by molar-refractivity contribution is -0.239. The van der Waals surface area contributed by atoms with Crippen molar-refractivity contribution in [2.24, 2.45) is 0 Å². The van der Waals surface area contributed by atoms with Crippen molar-refractivity contribution in [3.63, 3.8) is 0 Å². The molecule has 0 aliphatic carbocycles. The molecule has 10 nitrogen and oxygen atoms in total. The van der Waals surface area contributed by atoms with Crippen molar-refractivity contribution in [1.82, 2.24) is 5.32 Å². The average Bonchev–Trinajstić information content (AvgIpc) is 2.77. The highest BCUT2D eigenvalue weighted by atomic mass is 32.2. The van der Waals surface area contributed by atoms with Crippen LogP contribution in [0.3, 0.4) is 0 Å². The fourth-order valence-electron chi connectivity index (χ4n) is 3.57. The summed E-state index contributed by atoms with van der Waals surface area (Å²) < 4.78 is 71.2. The molecule has 1 amide bonds. The molecule has 0 spiro atoms. The highest BCUT2D eigenvalue weighted by molar-refractivity contribution is 7.86. The van der Waals surface area contributed by atoms with Gasteiger partial charge in [0.15, 0.2) is 6.29 Å². The van der Waals surface area contributed by atoms with Gasteiger partial charge in [0, 0.05) is 13.3 Å². The zero-order valence-electron chi connectivity index (χ0n) is 19.6. The summed E-state index contributed by atoms with van der Waals surface area (Å²) in [5.74, 6) is -0.373. The van der Waals surface area contributed by atoms with E-state index in [9.17, 15) is 21.6 Å². The van der Waals surface area contributed by atoms with E-state index in [0.717, 1.165) is 17.4 Å². The largest absolute Gasteiger partial charge is 0.348 e. The maximum absolute atomic E-state index is 12.7. The predicted octanol–water partition coefficient (Wildman–Crippen LogP) is 1.88. The number of ether oxygens (including phenoxy) is 2. The minimum absolute atomic E-state index is 0.00921. The minimum Gasteiger partial charge on any atom is -0.348 e. The van der Waals surface area contributed by atoms with E-state index < -0.39 is 51.4 Å². The van der Waals surface area contributed by atoms with E-state index in [0.29, 0.717) is 0 Å². The van der Waals surface area contributed by atoms with Gasteiger partial charge in [-0.2, -0.15) is 16.8 Å². The highest BCUT2D eigenvalue weighted by Gasteiger charge is 2.42. The van der Waals surface area contributed by atoms with Crippen molar-refractivity contribution in [3.8, 4) is 0 Å². The predicted molar refractivity (Wildman–Crippen MR) is 126 cm³/mol. The molecule has 2 aromatic carbocycles. The van der Waals surface area contributed by atoms with Gasteiger partial charge in [-0.25, -0.2) is 0 Å². The summed E-state index contributed by atoms with van der Waals surface area (Å²) in [6.07, 6.45) is -2.37. The molecule has 12 heteroatoms. The van der Waals surface area contributed by atoms with Gasteiger partial charge in [-0.1, -0.05) is 48.0 Å². The third-order valence-corrected chi connectivity index (χ3v) is 7.07. The molecule has 1 saturated heterocycles. The van der Waals surface area contributed by atoms with Crippen LogP contribution in [0.1, 0.15) is 24.5 Å². The lowest BCUT2D eigenvalue weighted by Gasteiger charge is -2.40. The number of hydrogen-bond acceptors (Lipinski definition) is 9. The van der Waals surface area contributed by atoms with Crippen LogP contribution < -0.4 is 5.32 Å². The average molecular weight is 528 g/mol. The van der Waals surface area contributed by atoms with Gasteiger partial charge in [-0.3, -0.25) is 13.2 Å². The molecule has 1 N–H and O–H groups in total. The normalized spacial score (nSPS) is 23.1. The number of benzene rings is 2. The van der Waals surface area contributed by atoms with E-state index >= 15 is 0 Å². The fourth-order valence-corrected chi connectivity index (χ4v) is 5.14. The number of nitrogens with one attached hydrogen (secondary N) is 1. The van der Waals surface area contributed by atoms with Crippen molar-refractivity contribution in [2.45, 2.75) is 56.3 Å². The van der Waals surface area contributed by atoms with Crippen LogP contribution in [-0.4, -0.2) is 60.1 Å². The van der Waals surface area contributed by atoms with Gasteiger partial charge >= 0.3 is 0 Å². The Hall–Kier alpha value is -2.35. The molecule has 1 aliphatic heterocycles. The molecule has 192 valence electrons. The summed E-state index contributed by atoms with van der Waals surface area (Å²) in [4.78, 5) is 11.7. The molecule has 1 heterocycles.